The van der Waals surface area contributed by atoms with Crippen molar-refractivity contribution < 1.29 is 9.53 Å². The molecular formula is C24H17ClI2N2O2S. The predicted octanol–water partition coefficient (Wildman–Crippen LogP) is 7.33. The molecule has 4 rings (SSSR count). The number of halogens is 3. The maximum absolute atomic E-state index is 12.5. The second-order valence-corrected chi connectivity index (χ2v) is 10.8. The van der Waals surface area contributed by atoms with Crippen molar-refractivity contribution in [2.75, 3.05) is 0 Å². The van der Waals surface area contributed by atoms with E-state index < -0.39 is 0 Å². The molecule has 1 N–H and O–H groups in total. The van der Waals surface area contributed by atoms with Gasteiger partial charge in [0.1, 0.15) is 12.4 Å². The minimum absolute atomic E-state index is 0.158. The first-order chi connectivity index (χ1) is 15.4. The molecule has 0 atom stereocenters. The van der Waals surface area contributed by atoms with Gasteiger partial charge < -0.3 is 10.1 Å². The Morgan fingerprint density at radius 1 is 1.09 bits per heavy atom. The molecule has 0 bridgehead atoms. The Hall–Kier alpha value is -1.56. The summed E-state index contributed by atoms with van der Waals surface area (Å²) in [5.41, 5.74) is 3.79. The van der Waals surface area contributed by atoms with E-state index in [9.17, 15) is 4.79 Å². The van der Waals surface area contributed by atoms with Gasteiger partial charge in [0.2, 0.25) is 0 Å². The second kappa shape index (κ2) is 10.6. The van der Waals surface area contributed by atoms with Gasteiger partial charge in [0.05, 0.1) is 17.7 Å². The van der Waals surface area contributed by atoms with Gasteiger partial charge in [-0.2, -0.15) is 0 Å². The summed E-state index contributed by atoms with van der Waals surface area (Å²) in [6.45, 7) is 2.45. The van der Waals surface area contributed by atoms with E-state index >= 15 is 0 Å². The van der Waals surface area contributed by atoms with Crippen molar-refractivity contribution in [3.8, 4) is 5.75 Å². The Bertz CT molecular complexity index is 1220. The largest absolute Gasteiger partial charge is 0.487 e. The topological polar surface area (TPSA) is 50.7 Å². The maximum atomic E-state index is 12.5. The van der Waals surface area contributed by atoms with Crippen LogP contribution in [0.1, 0.15) is 16.7 Å². The van der Waals surface area contributed by atoms with Crippen LogP contribution in [-0.4, -0.2) is 11.1 Å². The average Bonchev–Trinajstić information content (AvgIpc) is 3.09. The van der Waals surface area contributed by atoms with Crippen LogP contribution in [0.3, 0.4) is 0 Å². The van der Waals surface area contributed by atoms with Gasteiger partial charge in [0, 0.05) is 5.02 Å². The zero-order chi connectivity index (χ0) is 22.7. The zero-order valence-electron chi connectivity index (χ0n) is 16.9. The summed E-state index contributed by atoms with van der Waals surface area (Å²) in [7, 11) is 0. The zero-order valence-corrected chi connectivity index (χ0v) is 22.8. The van der Waals surface area contributed by atoms with Gasteiger partial charge in [0.15, 0.2) is 5.17 Å². The smallest absolute Gasteiger partial charge is 0.264 e. The van der Waals surface area contributed by atoms with E-state index in [4.69, 9.17) is 16.3 Å². The molecule has 8 heteroatoms. The Morgan fingerprint density at radius 2 is 1.81 bits per heavy atom. The number of carbonyl (C=O) groups excluding carboxylic acids is 1. The Labute approximate surface area is 223 Å². The molecule has 0 spiro atoms. The minimum atomic E-state index is -0.158. The number of nitrogens with zero attached hydrogens (tertiary/aromatic N) is 1. The summed E-state index contributed by atoms with van der Waals surface area (Å²) >= 11 is 11.9. The molecule has 0 aromatic heterocycles. The molecule has 1 amide bonds. The van der Waals surface area contributed by atoms with Crippen LogP contribution in [0.25, 0.3) is 6.08 Å². The van der Waals surface area contributed by atoms with Gasteiger partial charge in [0.25, 0.3) is 5.91 Å². The molecule has 1 heterocycles. The fourth-order valence-electron chi connectivity index (χ4n) is 3.02. The highest BCUT2D eigenvalue weighted by molar-refractivity contribution is 14.1. The molecule has 162 valence electrons. The van der Waals surface area contributed by atoms with E-state index in [1.54, 1.807) is 6.07 Å². The first-order valence-corrected chi connectivity index (χ1v) is 13.0. The lowest BCUT2D eigenvalue weighted by Gasteiger charge is -2.11. The molecule has 1 aliphatic rings. The van der Waals surface area contributed by atoms with Crippen LogP contribution in [0, 0.1) is 14.1 Å². The summed E-state index contributed by atoms with van der Waals surface area (Å²) in [6, 6.07) is 19.6. The van der Waals surface area contributed by atoms with Crippen LogP contribution in [0.5, 0.6) is 5.75 Å². The summed E-state index contributed by atoms with van der Waals surface area (Å²) in [5.74, 6) is 0.691. The van der Waals surface area contributed by atoms with Crippen molar-refractivity contribution in [2.24, 2.45) is 4.99 Å². The quantitative estimate of drug-likeness (QED) is 0.226. The average molecular weight is 687 g/mol. The molecule has 3 aromatic carbocycles. The normalized spacial score (nSPS) is 15.9. The molecule has 1 fully saturated rings. The van der Waals surface area contributed by atoms with E-state index in [1.165, 1.54) is 11.8 Å². The fourth-order valence-corrected chi connectivity index (χ4v) is 6.21. The number of thioether (sulfide) groups is 1. The van der Waals surface area contributed by atoms with Gasteiger partial charge >= 0.3 is 0 Å². The van der Waals surface area contributed by atoms with Crippen LogP contribution in [0.15, 0.2) is 70.6 Å². The first kappa shape index (κ1) is 23.6. The third kappa shape index (κ3) is 5.86. The lowest BCUT2D eigenvalue weighted by Crippen LogP contribution is -2.19. The molecule has 1 aliphatic heterocycles. The van der Waals surface area contributed by atoms with E-state index in [0.29, 0.717) is 21.7 Å². The number of amidine groups is 1. The first-order valence-electron chi connectivity index (χ1n) is 9.60. The number of nitrogens with one attached hydrogen (secondary N) is 1. The molecule has 0 radical (unpaired) electrons. The van der Waals surface area contributed by atoms with E-state index in [2.05, 4.69) is 55.5 Å². The van der Waals surface area contributed by atoms with Crippen LogP contribution in [-0.2, 0) is 11.4 Å². The molecular weight excluding hydrogens is 670 g/mol. The molecule has 0 unspecified atom stereocenters. The number of ether oxygens (including phenoxy) is 1. The van der Waals surface area contributed by atoms with Crippen LogP contribution in [0.4, 0.5) is 5.69 Å². The van der Waals surface area contributed by atoms with Crippen molar-refractivity contribution in [2.45, 2.75) is 13.5 Å². The van der Waals surface area contributed by atoms with Crippen LogP contribution >= 0.6 is 68.5 Å². The lowest BCUT2D eigenvalue weighted by molar-refractivity contribution is -0.115. The summed E-state index contributed by atoms with van der Waals surface area (Å²) in [5, 5.41) is 4.05. The number of aliphatic imine (C=N–C) groups is 1. The van der Waals surface area contributed by atoms with Gasteiger partial charge in [-0.15, -0.1) is 0 Å². The third-order valence-corrected chi connectivity index (χ3v) is 7.32. The van der Waals surface area contributed by atoms with Crippen molar-refractivity contribution >= 4 is 91.4 Å². The number of rotatable bonds is 5. The summed E-state index contributed by atoms with van der Waals surface area (Å²) in [4.78, 5) is 17.6. The maximum Gasteiger partial charge on any atom is 0.264 e. The van der Waals surface area contributed by atoms with Crippen molar-refractivity contribution in [1.82, 2.24) is 5.32 Å². The second-order valence-electron chi connectivity index (χ2n) is 7.00. The van der Waals surface area contributed by atoms with Gasteiger partial charge in [-0.1, -0.05) is 41.9 Å². The predicted molar refractivity (Wildman–Crippen MR) is 150 cm³/mol. The highest BCUT2D eigenvalue weighted by Gasteiger charge is 2.24. The molecule has 4 nitrogen and oxygen atoms in total. The number of benzene rings is 3. The molecule has 0 saturated carbocycles. The number of carbonyl (C=O) groups is 1. The number of hydrogen-bond donors (Lipinski definition) is 1. The highest BCUT2D eigenvalue weighted by Crippen LogP contribution is 2.33. The molecule has 0 aliphatic carbocycles. The Balaban J connectivity index is 1.52. The Morgan fingerprint density at radius 3 is 2.50 bits per heavy atom. The molecule has 1 saturated heterocycles. The van der Waals surface area contributed by atoms with Gasteiger partial charge in [-0.05, 0) is 117 Å². The number of aryl methyl sites for hydroxylation is 1. The fraction of sp³-hybridized carbons (Fsp3) is 0.0833. The van der Waals surface area contributed by atoms with Gasteiger partial charge in [-0.3, -0.25) is 4.79 Å². The van der Waals surface area contributed by atoms with E-state index in [0.717, 1.165) is 35.3 Å². The lowest BCUT2D eigenvalue weighted by atomic mass is 10.2. The SMILES string of the molecule is Cc1cc(Cl)ccc1N=C1NC(=O)/C(=C/c2cc(I)c(OCc3ccccc3)c(I)c2)S1. The van der Waals surface area contributed by atoms with E-state index in [1.807, 2.05) is 67.6 Å². The van der Waals surface area contributed by atoms with Gasteiger partial charge in [-0.25, -0.2) is 4.99 Å². The highest BCUT2D eigenvalue weighted by atomic mass is 127. The van der Waals surface area contributed by atoms with Crippen molar-refractivity contribution in [3.05, 3.63) is 94.4 Å². The summed E-state index contributed by atoms with van der Waals surface area (Å²) in [6.07, 6.45) is 1.88. The van der Waals surface area contributed by atoms with Crippen molar-refractivity contribution in [1.29, 1.82) is 0 Å². The third-order valence-electron chi connectivity index (χ3n) is 4.58. The molecule has 3 aromatic rings. The Kier molecular flexibility index (Phi) is 7.80. The number of hydrogen-bond acceptors (Lipinski definition) is 4. The van der Waals surface area contributed by atoms with Crippen LogP contribution < -0.4 is 10.1 Å². The monoisotopic (exact) mass is 686 g/mol. The number of amides is 1. The van der Waals surface area contributed by atoms with Crippen LogP contribution in [0.2, 0.25) is 5.02 Å². The van der Waals surface area contributed by atoms with Crippen molar-refractivity contribution in [3.63, 3.8) is 0 Å². The molecule has 32 heavy (non-hydrogen) atoms. The minimum Gasteiger partial charge on any atom is -0.487 e. The standard InChI is InChI=1S/C24H17ClI2N2O2S/c1-14-9-17(25)7-8-20(14)28-24-29-23(30)21(32-24)12-16-10-18(26)22(19(27)11-16)31-13-15-5-3-2-4-6-15/h2-12H,13H2,1H3,(H,28,29,30)/b21-12-. The summed E-state index contributed by atoms with van der Waals surface area (Å²) < 4.78 is 8.04. The van der Waals surface area contributed by atoms with E-state index in [-0.39, 0.29) is 5.91 Å².